The van der Waals surface area contributed by atoms with Crippen LogP contribution in [0.15, 0.2) is 29.4 Å². The number of aryl methyl sites for hydroxylation is 3. The molecule has 4 heterocycles. The van der Waals surface area contributed by atoms with E-state index in [0.29, 0.717) is 13.2 Å². The normalized spacial score (nSPS) is 15.8. The van der Waals surface area contributed by atoms with Gasteiger partial charge in [0.05, 0.1) is 12.2 Å². The summed E-state index contributed by atoms with van der Waals surface area (Å²) >= 11 is 0. The van der Waals surface area contributed by atoms with Crippen molar-refractivity contribution in [3.8, 4) is 5.82 Å². The molecule has 0 fully saturated rings. The minimum atomic E-state index is 0. The molecule has 0 aromatic carbocycles. The summed E-state index contributed by atoms with van der Waals surface area (Å²) < 4.78 is 8.95. The van der Waals surface area contributed by atoms with Crippen LogP contribution in [0.3, 0.4) is 0 Å². The van der Waals surface area contributed by atoms with Crippen LogP contribution in [0.25, 0.3) is 5.82 Å². The number of aliphatic imine (C=N–C) groups is 1. The average molecular weight is 551 g/mol. The van der Waals surface area contributed by atoms with Gasteiger partial charge in [0.25, 0.3) is 0 Å². The van der Waals surface area contributed by atoms with E-state index in [9.17, 15) is 0 Å². The molecule has 0 saturated heterocycles. The predicted octanol–water partition coefficient (Wildman–Crippen LogP) is 1.92. The van der Waals surface area contributed by atoms with E-state index in [0.717, 1.165) is 59.8 Å². The van der Waals surface area contributed by atoms with Gasteiger partial charge in [-0.1, -0.05) is 6.07 Å². The summed E-state index contributed by atoms with van der Waals surface area (Å²) in [4.78, 5) is 13.4. The van der Waals surface area contributed by atoms with Crippen molar-refractivity contribution in [1.29, 1.82) is 0 Å². The molecule has 0 aliphatic carbocycles. The lowest BCUT2D eigenvalue weighted by Crippen LogP contribution is -2.46. The lowest BCUT2D eigenvalue weighted by Gasteiger charge is -2.25. The van der Waals surface area contributed by atoms with Crippen molar-refractivity contribution in [2.24, 2.45) is 4.99 Å². The number of hydrogen-bond donors (Lipinski definition) is 2. The van der Waals surface area contributed by atoms with Gasteiger partial charge >= 0.3 is 0 Å². The Labute approximate surface area is 204 Å². The van der Waals surface area contributed by atoms with Crippen molar-refractivity contribution in [2.75, 3.05) is 14.2 Å². The van der Waals surface area contributed by atoms with Crippen molar-refractivity contribution in [2.45, 2.75) is 52.4 Å². The van der Waals surface area contributed by atoms with Gasteiger partial charge in [0.2, 0.25) is 0 Å². The number of nitrogens with zero attached hydrogens (tertiary/aromatic N) is 7. The highest BCUT2D eigenvalue weighted by atomic mass is 127. The first-order chi connectivity index (χ1) is 15.1. The molecule has 11 heteroatoms. The summed E-state index contributed by atoms with van der Waals surface area (Å²) in [6.07, 6.45) is 3.72. The van der Waals surface area contributed by atoms with Crippen LogP contribution in [-0.4, -0.2) is 55.7 Å². The van der Waals surface area contributed by atoms with Gasteiger partial charge in [-0.05, 0) is 38.0 Å². The highest BCUT2D eigenvalue weighted by Crippen LogP contribution is 2.14. The largest absolute Gasteiger partial charge is 0.377 e. The van der Waals surface area contributed by atoms with Gasteiger partial charge in [-0.15, -0.1) is 24.0 Å². The second kappa shape index (κ2) is 10.9. The van der Waals surface area contributed by atoms with Gasteiger partial charge < -0.3 is 15.4 Å². The molecule has 0 bridgehead atoms. The number of guanidine groups is 1. The van der Waals surface area contributed by atoms with Crippen LogP contribution in [0.2, 0.25) is 0 Å². The van der Waals surface area contributed by atoms with E-state index >= 15 is 0 Å². The Hall–Kier alpha value is -2.54. The number of halogens is 1. The molecule has 10 nitrogen and oxygen atoms in total. The maximum atomic E-state index is 5.13. The monoisotopic (exact) mass is 551 g/mol. The van der Waals surface area contributed by atoms with Crippen molar-refractivity contribution in [3.05, 3.63) is 53.0 Å². The van der Waals surface area contributed by atoms with Crippen LogP contribution in [0.1, 0.15) is 35.0 Å². The number of nitrogens with one attached hydrogen (secondary N) is 2. The first kappa shape index (κ1) is 24.1. The highest BCUT2D eigenvalue weighted by Gasteiger charge is 2.22. The molecule has 1 unspecified atom stereocenters. The van der Waals surface area contributed by atoms with E-state index in [1.807, 2.05) is 41.5 Å². The summed E-state index contributed by atoms with van der Waals surface area (Å²) in [6, 6.07) is 6.32. The third kappa shape index (κ3) is 5.63. The number of methoxy groups -OCH3 is 1. The van der Waals surface area contributed by atoms with Crippen molar-refractivity contribution < 1.29 is 4.74 Å². The van der Waals surface area contributed by atoms with E-state index in [4.69, 9.17) is 4.74 Å². The average Bonchev–Trinajstić information content (AvgIpc) is 3.32. The van der Waals surface area contributed by atoms with Crippen LogP contribution < -0.4 is 10.6 Å². The van der Waals surface area contributed by atoms with E-state index in [2.05, 4.69) is 41.9 Å². The molecular formula is C21H30IN9O. The fourth-order valence-corrected chi connectivity index (χ4v) is 3.75. The molecule has 32 heavy (non-hydrogen) atoms. The number of hydrogen-bond acceptors (Lipinski definition) is 6. The Balaban J connectivity index is 0.00000289. The zero-order valence-corrected chi connectivity index (χ0v) is 21.2. The lowest BCUT2D eigenvalue weighted by atomic mass is 10.1. The first-order valence-corrected chi connectivity index (χ1v) is 10.4. The molecule has 0 amide bonds. The number of ether oxygens (including phenoxy) is 1. The molecule has 1 aliphatic heterocycles. The van der Waals surface area contributed by atoms with E-state index < -0.39 is 0 Å². The first-order valence-electron chi connectivity index (χ1n) is 10.4. The predicted molar refractivity (Wildman–Crippen MR) is 132 cm³/mol. The van der Waals surface area contributed by atoms with Gasteiger partial charge in [-0.25, -0.2) is 19.3 Å². The standard InChI is InChI=1S/C21H29N9O.HI/c1-14-9-15(2)30(27-14)19-7-5-16(10-23-19)11-24-21(22-3)25-17-6-8-20-26-18(13-31-4)28-29(20)12-17;/h5,7,9-10,17H,6,8,11-13H2,1-4H3,(H2,22,24,25);1H. The van der Waals surface area contributed by atoms with Gasteiger partial charge in [-0.3, -0.25) is 4.99 Å². The second-order valence-electron chi connectivity index (χ2n) is 7.73. The minimum Gasteiger partial charge on any atom is -0.377 e. The summed E-state index contributed by atoms with van der Waals surface area (Å²) in [5.74, 6) is 3.32. The fourth-order valence-electron chi connectivity index (χ4n) is 3.75. The molecule has 0 spiro atoms. The minimum absolute atomic E-state index is 0. The fraction of sp³-hybridized carbons (Fsp3) is 0.476. The number of fused-ring (bicyclic) bond motifs is 1. The molecule has 3 aromatic heterocycles. The molecule has 2 N–H and O–H groups in total. The van der Waals surface area contributed by atoms with E-state index in [1.165, 1.54) is 0 Å². The Morgan fingerprint density at radius 3 is 2.78 bits per heavy atom. The highest BCUT2D eigenvalue weighted by molar-refractivity contribution is 14.0. The summed E-state index contributed by atoms with van der Waals surface area (Å²) in [6.45, 7) is 5.83. The molecule has 3 aromatic rings. The van der Waals surface area contributed by atoms with Crippen LogP contribution in [0, 0.1) is 13.8 Å². The topological polar surface area (TPSA) is 107 Å². The lowest BCUT2D eigenvalue weighted by molar-refractivity contribution is 0.177. The summed E-state index contributed by atoms with van der Waals surface area (Å²) in [7, 11) is 3.43. The second-order valence-corrected chi connectivity index (χ2v) is 7.73. The Kier molecular flexibility index (Phi) is 8.18. The molecule has 0 saturated carbocycles. The SMILES string of the molecule is CN=C(NCc1ccc(-n2nc(C)cc2C)nc1)NC1CCc2nc(COC)nn2C1.I. The van der Waals surface area contributed by atoms with Gasteiger partial charge in [-0.2, -0.15) is 10.2 Å². The number of pyridine rings is 1. The quantitative estimate of drug-likeness (QED) is 0.274. The molecule has 1 atom stereocenters. The number of aromatic nitrogens is 6. The molecule has 172 valence electrons. The third-order valence-corrected chi connectivity index (χ3v) is 5.24. The Morgan fingerprint density at radius 2 is 2.12 bits per heavy atom. The van der Waals surface area contributed by atoms with Crippen LogP contribution in [-0.2, 0) is 30.9 Å². The van der Waals surface area contributed by atoms with E-state index in [-0.39, 0.29) is 30.0 Å². The Morgan fingerprint density at radius 1 is 1.28 bits per heavy atom. The van der Waals surface area contributed by atoms with Gasteiger partial charge in [0.15, 0.2) is 17.6 Å². The maximum Gasteiger partial charge on any atom is 0.191 e. The third-order valence-electron chi connectivity index (χ3n) is 5.24. The molecular weight excluding hydrogens is 521 g/mol. The van der Waals surface area contributed by atoms with Crippen LogP contribution >= 0.6 is 24.0 Å². The van der Waals surface area contributed by atoms with Gasteiger partial charge in [0, 0.05) is 45.1 Å². The van der Waals surface area contributed by atoms with Crippen molar-refractivity contribution in [1.82, 2.24) is 40.2 Å². The van der Waals surface area contributed by atoms with E-state index in [1.54, 1.807) is 14.2 Å². The van der Waals surface area contributed by atoms with Crippen LogP contribution in [0.5, 0.6) is 0 Å². The molecule has 1 aliphatic rings. The van der Waals surface area contributed by atoms with Crippen molar-refractivity contribution >= 4 is 29.9 Å². The summed E-state index contributed by atoms with van der Waals surface area (Å²) in [5.41, 5.74) is 3.12. The van der Waals surface area contributed by atoms with Crippen molar-refractivity contribution in [3.63, 3.8) is 0 Å². The molecule has 0 radical (unpaired) electrons. The number of rotatable bonds is 6. The zero-order chi connectivity index (χ0) is 21.8. The van der Waals surface area contributed by atoms with Crippen LogP contribution in [0.4, 0.5) is 0 Å². The smallest absolute Gasteiger partial charge is 0.191 e. The maximum absolute atomic E-state index is 5.13. The zero-order valence-electron chi connectivity index (χ0n) is 18.9. The van der Waals surface area contributed by atoms with Gasteiger partial charge in [0.1, 0.15) is 12.4 Å². The summed E-state index contributed by atoms with van der Waals surface area (Å²) in [5, 5.41) is 15.9. The molecule has 4 rings (SSSR count). The Bertz CT molecular complexity index is 1060.